The Labute approximate surface area is 263 Å². The second-order valence-electron chi connectivity index (χ2n) is 14.9. The number of fused-ring (bicyclic) bond motifs is 3. The zero-order valence-corrected chi connectivity index (χ0v) is 25.4. The molecule has 0 aliphatic heterocycles. The number of ether oxygens (including phenoxy) is 1. The molecule has 10 rings (SSSR count). The van der Waals surface area contributed by atoms with Gasteiger partial charge in [0, 0.05) is 30.0 Å². The van der Waals surface area contributed by atoms with Crippen LogP contribution in [-0.4, -0.2) is 40.8 Å². The minimum atomic E-state index is -4.62. The molecule has 1 aromatic heterocycles. The van der Waals surface area contributed by atoms with E-state index in [9.17, 15) is 26.7 Å². The molecule has 0 atom stereocenters. The monoisotopic (exact) mass is 641 g/mol. The lowest BCUT2D eigenvalue weighted by Crippen LogP contribution is -2.65. The summed E-state index contributed by atoms with van der Waals surface area (Å²) >= 11 is 0. The Balaban J connectivity index is 1.05. The van der Waals surface area contributed by atoms with Gasteiger partial charge in [-0.15, -0.1) is 0 Å². The number of alkyl halides is 5. The Bertz CT molecular complexity index is 1630. The highest BCUT2D eigenvalue weighted by Crippen LogP contribution is 2.71. The lowest BCUT2D eigenvalue weighted by molar-refractivity contribution is -0.253. The fourth-order valence-electron chi connectivity index (χ4n) is 8.70. The molecule has 0 spiro atoms. The van der Waals surface area contributed by atoms with Crippen LogP contribution in [-0.2, 0) is 10.2 Å². The fourth-order valence-corrected chi connectivity index (χ4v) is 8.70. The smallest absolute Gasteiger partial charge is 0.428 e. The topological polar surface area (TPSA) is 68.5 Å². The zero-order valence-electron chi connectivity index (χ0n) is 25.4. The third kappa shape index (κ3) is 5.18. The minimum Gasteiger partial charge on any atom is -0.428 e. The number of rotatable bonds is 11. The van der Waals surface area contributed by atoms with Gasteiger partial charge in [-0.05, 0) is 117 Å². The van der Waals surface area contributed by atoms with E-state index in [1.165, 1.54) is 18.2 Å². The first kappa shape index (κ1) is 29.9. The van der Waals surface area contributed by atoms with Gasteiger partial charge in [0.1, 0.15) is 11.4 Å². The van der Waals surface area contributed by atoms with Gasteiger partial charge in [0.05, 0.1) is 0 Å². The number of hydrogen-bond acceptors (Lipinski definition) is 5. The summed E-state index contributed by atoms with van der Waals surface area (Å²) in [5.74, 6) is 1.58. The largest absolute Gasteiger partial charge is 0.461 e. The van der Waals surface area contributed by atoms with E-state index in [1.807, 2.05) is 17.0 Å². The number of benzene rings is 2. The maximum Gasteiger partial charge on any atom is 0.461 e. The zero-order chi connectivity index (χ0) is 32.0. The quantitative estimate of drug-likeness (QED) is 0.196. The average Bonchev–Trinajstić information content (AvgIpc) is 3.74. The molecule has 7 fully saturated rings. The molecule has 7 saturated carbocycles. The molecule has 0 N–H and O–H groups in total. The summed E-state index contributed by atoms with van der Waals surface area (Å²) in [5.41, 5.74) is 0.180. The highest BCUT2D eigenvalue weighted by atomic mass is 19.3. The van der Waals surface area contributed by atoms with Crippen molar-refractivity contribution in [1.82, 2.24) is 10.1 Å². The Kier molecular flexibility index (Phi) is 6.66. The van der Waals surface area contributed by atoms with Gasteiger partial charge in [-0.1, -0.05) is 29.4 Å². The normalized spacial score (nSPS) is 31.3. The first-order chi connectivity index (χ1) is 21.9. The van der Waals surface area contributed by atoms with Crippen molar-refractivity contribution in [3.8, 4) is 16.9 Å². The molecule has 1 amide bonds. The van der Waals surface area contributed by atoms with Gasteiger partial charge in [-0.3, -0.25) is 4.79 Å². The molecular weight excluding hydrogens is 605 g/mol. The number of hydrogen-bond donors (Lipinski definition) is 0. The summed E-state index contributed by atoms with van der Waals surface area (Å²) in [6, 6.07) is 12.9. The molecule has 6 nitrogen and oxygen atoms in total. The van der Waals surface area contributed by atoms with Crippen LogP contribution in [0, 0.1) is 10.8 Å². The SMILES string of the molecule is O=C(CC12CC(F)(C1)C2)N(CC12CCC(c3nc(C4CC4)no3)(CC1)CC2)c1cccc(-c2cccc(OC(F)(F)C(F)F)c2)c1. The van der Waals surface area contributed by atoms with Gasteiger partial charge in [-0.2, -0.15) is 22.5 Å². The molecule has 0 radical (unpaired) electrons. The Morgan fingerprint density at radius 1 is 0.957 bits per heavy atom. The minimum absolute atomic E-state index is 0.0460. The van der Waals surface area contributed by atoms with Crippen LogP contribution in [0.4, 0.5) is 27.6 Å². The van der Waals surface area contributed by atoms with Gasteiger partial charge in [-0.25, -0.2) is 4.39 Å². The predicted molar refractivity (Wildman–Crippen MR) is 159 cm³/mol. The van der Waals surface area contributed by atoms with E-state index in [1.54, 1.807) is 18.2 Å². The van der Waals surface area contributed by atoms with Gasteiger partial charge >= 0.3 is 12.5 Å². The number of aromatic nitrogens is 2. The van der Waals surface area contributed by atoms with Gasteiger partial charge in [0.2, 0.25) is 11.8 Å². The Morgan fingerprint density at radius 3 is 2.24 bits per heavy atom. The number of anilines is 1. The summed E-state index contributed by atoms with van der Waals surface area (Å²) in [7, 11) is 0. The highest BCUT2D eigenvalue weighted by Gasteiger charge is 2.69. The molecule has 7 aliphatic rings. The molecule has 46 heavy (non-hydrogen) atoms. The lowest BCUT2D eigenvalue weighted by Gasteiger charge is -2.66. The van der Waals surface area contributed by atoms with E-state index in [2.05, 4.69) is 9.89 Å². The van der Waals surface area contributed by atoms with Crippen molar-refractivity contribution < 1.29 is 36.0 Å². The van der Waals surface area contributed by atoms with E-state index in [0.717, 1.165) is 63.1 Å². The molecule has 1 heterocycles. The van der Waals surface area contributed by atoms with Crippen LogP contribution in [0.25, 0.3) is 11.1 Å². The summed E-state index contributed by atoms with van der Waals surface area (Å²) in [6.45, 7) is 0.517. The molecule has 11 heteroatoms. The van der Waals surface area contributed by atoms with Crippen LogP contribution in [0.1, 0.15) is 94.7 Å². The van der Waals surface area contributed by atoms with Crippen LogP contribution in [0.3, 0.4) is 0 Å². The number of halogens is 5. The van der Waals surface area contributed by atoms with E-state index in [4.69, 9.17) is 9.51 Å². The summed E-state index contributed by atoms with van der Waals surface area (Å²) < 4.78 is 77.3. The lowest BCUT2D eigenvalue weighted by atomic mass is 9.41. The standard InChI is InChI=1S/C35H36F5N3O3/c36-29(37)35(39,40)45-26-6-2-4-24(16-26)23-3-1-5-25(15-23)43(27(44)17-32-18-34(38,19-32)20-32)21-31-9-12-33(13-10-31,14-11-31)30-41-28(42-46-30)22-7-8-22/h1-6,15-16,22,29H,7-14,17-21H2. The average molecular weight is 642 g/mol. The molecule has 4 bridgehead atoms. The Hall–Kier alpha value is -3.50. The number of amides is 1. The van der Waals surface area contributed by atoms with Gasteiger partial charge < -0.3 is 14.2 Å². The van der Waals surface area contributed by atoms with Crippen molar-refractivity contribution in [3.63, 3.8) is 0 Å². The van der Waals surface area contributed by atoms with Crippen molar-refractivity contribution in [3.05, 3.63) is 60.2 Å². The second kappa shape index (κ2) is 10.2. The van der Waals surface area contributed by atoms with E-state index < -0.39 is 18.2 Å². The molecule has 2 aromatic carbocycles. The van der Waals surface area contributed by atoms with E-state index in [0.29, 0.717) is 48.5 Å². The van der Waals surface area contributed by atoms with Crippen molar-refractivity contribution in [2.24, 2.45) is 10.8 Å². The van der Waals surface area contributed by atoms with Gasteiger partial charge in [0.25, 0.3) is 0 Å². The first-order valence-corrected chi connectivity index (χ1v) is 16.3. The first-order valence-electron chi connectivity index (χ1n) is 16.3. The highest BCUT2D eigenvalue weighted by molar-refractivity contribution is 5.95. The maximum absolute atomic E-state index is 14.4. The van der Waals surface area contributed by atoms with Crippen LogP contribution in [0.15, 0.2) is 53.1 Å². The van der Waals surface area contributed by atoms with E-state index in [-0.39, 0.29) is 34.3 Å². The maximum atomic E-state index is 14.4. The third-order valence-electron chi connectivity index (χ3n) is 11.5. The van der Waals surface area contributed by atoms with Crippen molar-refractivity contribution in [2.45, 2.75) is 107 Å². The van der Waals surface area contributed by atoms with Crippen LogP contribution in [0.5, 0.6) is 5.75 Å². The third-order valence-corrected chi connectivity index (χ3v) is 11.5. The molecular formula is C35H36F5N3O3. The van der Waals surface area contributed by atoms with Crippen molar-refractivity contribution >= 4 is 11.6 Å². The Morgan fingerprint density at radius 2 is 1.61 bits per heavy atom. The molecule has 0 unspecified atom stereocenters. The summed E-state index contributed by atoms with van der Waals surface area (Å²) in [5, 5.41) is 4.27. The van der Waals surface area contributed by atoms with E-state index >= 15 is 0 Å². The summed E-state index contributed by atoms with van der Waals surface area (Å²) in [4.78, 5) is 20.7. The molecule has 0 saturated heterocycles. The van der Waals surface area contributed by atoms with Crippen molar-refractivity contribution in [2.75, 3.05) is 11.4 Å². The second-order valence-corrected chi connectivity index (χ2v) is 14.9. The molecule has 3 aromatic rings. The number of carbonyl (C=O) groups excluding carboxylic acids is 1. The van der Waals surface area contributed by atoms with Crippen molar-refractivity contribution in [1.29, 1.82) is 0 Å². The predicted octanol–water partition coefficient (Wildman–Crippen LogP) is 8.76. The number of nitrogens with zero attached hydrogens (tertiary/aromatic N) is 3. The van der Waals surface area contributed by atoms with Crippen LogP contribution in [0.2, 0.25) is 0 Å². The number of carbonyl (C=O) groups is 1. The summed E-state index contributed by atoms with van der Waals surface area (Å²) in [6.07, 6.45) is 0.652. The van der Waals surface area contributed by atoms with Gasteiger partial charge in [0.15, 0.2) is 5.82 Å². The van der Waals surface area contributed by atoms with Crippen LogP contribution < -0.4 is 9.64 Å². The van der Waals surface area contributed by atoms with Crippen LogP contribution >= 0.6 is 0 Å². The fraction of sp³-hybridized carbons (Fsp3) is 0.571. The molecule has 7 aliphatic carbocycles. The molecule has 244 valence electrons.